The zero-order valence-corrected chi connectivity index (χ0v) is 14.0. The van der Waals surface area contributed by atoms with Gasteiger partial charge >= 0.3 is 0 Å². The van der Waals surface area contributed by atoms with Crippen LogP contribution in [0.1, 0.15) is 73.3 Å². The van der Waals surface area contributed by atoms with E-state index < -0.39 is 6.67 Å². The van der Waals surface area contributed by atoms with E-state index in [4.69, 9.17) is 28.1 Å². The Bertz CT molecular complexity index is 142. The molecule has 0 aliphatic carbocycles. The maximum atomic E-state index is 11.4. The third-order valence-corrected chi connectivity index (χ3v) is 1.67. The molecule has 0 saturated carbocycles. The summed E-state index contributed by atoms with van der Waals surface area (Å²) in [6.45, 7) is 2.17. The molecular formula is C22H65F5O5. The minimum Gasteiger partial charge on any atom is -0.382 e. The van der Waals surface area contributed by atoms with Gasteiger partial charge in [0.15, 0.2) is 0 Å². The molecule has 0 aliphatic heterocycles. The Kier molecular flexibility index (Phi) is 339. The number of alkyl halides is 3. The molecule has 32 heavy (non-hydrogen) atoms. The molecule has 0 N–H and O–H groups in total. The predicted octanol–water partition coefficient (Wildman–Crippen LogP) is 8.75. The van der Waals surface area contributed by atoms with Crippen LogP contribution in [0.3, 0.4) is 0 Å². The minimum absolute atomic E-state index is 0. The zero-order chi connectivity index (χ0) is 18.6. The van der Waals surface area contributed by atoms with Crippen molar-refractivity contribution in [3.63, 3.8) is 0 Å². The largest absolute Gasteiger partial charge is 0.382 e. The molecule has 0 atom stereocenters. The van der Waals surface area contributed by atoms with E-state index in [2.05, 4.69) is 4.74 Å². The highest BCUT2D eigenvalue weighted by molar-refractivity contribution is 4.31. The summed E-state index contributed by atoms with van der Waals surface area (Å²) in [5, 5.41) is 0. The average Bonchev–Trinajstić information content (AvgIpc) is 2.62. The Labute approximate surface area is 201 Å². The number of hydrogen-bond donors (Lipinski definition) is 0. The van der Waals surface area contributed by atoms with Crippen LogP contribution in [0.4, 0.5) is 22.3 Å². The van der Waals surface area contributed by atoms with Crippen LogP contribution in [-0.2, 0) is 23.7 Å². The standard InChI is InChI=1S/C6H13FO3.C6H13FO2.CH3F.9CH4.F2/c1-8-4-5-10-6-9-3-2-7;1-8-5-6-9-4-2-3-7;1-2;;;;;;;;;;1-2/h2-6H2,1H3;2-6H2,1H3;1H3;9*1H4;. The number of ether oxygens (including phenoxy) is 5. The Morgan fingerprint density at radius 2 is 0.812 bits per heavy atom. The van der Waals surface area contributed by atoms with Crippen molar-refractivity contribution in [1.29, 1.82) is 0 Å². The Morgan fingerprint density at radius 3 is 1.12 bits per heavy atom. The molecule has 218 valence electrons. The quantitative estimate of drug-likeness (QED) is 0.142. The van der Waals surface area contributed by atoms with E-state index >= 15 is 0 Å². The maximum absolute atomic E-state index is 11.4. The van der Waals surface area contributed by atoms with E-state index in [1.54, 1.807) is 14.2 Å². The number of halogens is 5. The fourth-order valence-corrected chi connectivity index (χ4v) is 0.775. The molecule has 0 amide bonds. The van der Waals surface area contributed by atoms with E-state index in [9.17, 15) is 13.2 Å². The van der Waals surface area contributed by atoms with E-state index in [1.807, 2.05) is 0 Å². The van der Waals surface area contributed by atoms with Crippen molar-refractivity contribution >= 4 is 0 Å². The average molecular weight is 505 g/mol. The molecule has 0 unspecified atom stereocenters. The Hall–Kier alpha value is -0.550. The molecule has 0 aromatic heterocycles. The van der Waals surface area contributed by atoms with Gasteiger partial charge in [-0.1, -0.05) is 66.8 Å². The van der Waals surface area contributed by atoms with Crippen LogP contribution < -0.4 is 0 Å². The summed E-state index contributed by atoms with van der Waals surface area (Å²) in [4.78, 5) is 0. The Morgan fingerprint density at radius 1 is 0.469 bits per heavy atom. The van der Waals surface area contributed by atoms with Crippen molar-refractivity contribution in [3.8, 4) is 0 Å². The third kappa shape index (κ3) is 154. The van der Waals surface area contributed by atoms with Crippen LogP contribution >= 0.6 is 0 Å². The summed E-state index contributed by atoms with van der Waals surface area (Å²) in [5.41, 5.74) is 0. The van der Waals surface area contributed by atoms with Crippen LogP contribution in [0, 0.1) is 0 Å². The van der Waals surface area contributed by atoms with Crippen molar-refractivity contribution in [3.05, 3.63) is 0 Å². The van der Waals surface area contributed by atoms with Gasteiger partial charge in [0.2, 0.25) is 0 Å². The second-order valence-corrected chi connectivity index (χ2v) is 3.26. The van der Waals surface area contributed by atoms with Crippen molar-refractivity contribution in [1.82, 2.24) is 0 Å². The predicted molar refractivity (Wildman–Crippen MR) is 138 cm³/mol. The van der Waals surface area contributed by atoms with Gasteiger partial charge in [0.05, 0.1) is 46.9 Å². The lowest BCUT2D eigenvalue weighted by atomic mass is 10.5. The summed E-state index contributed by atoms with van der Waals surface area (Å²) >= 11 is 0. The van der Waals surface area contributed by atoms with E-state index in [1.165, 1.54) is 0 Å². The lowest BCUT2D eigenvalue weighted by Crippen LogP contribution is -2.06. The van der Waals surface area contributed by atoms with Gasteiger partial charge in [0, 0.05) is 30.0 Å². The second kappa shape index (κ2) is 126. The molecule has 0 heterocycles. The first-order valence-electron chi connectivity index (χ1n) is 6.68. The summed E-state index contributed by atoms with van der Waals surface area (Å²) in [7, 11) is 3.70. The molecule has 0 aromatic rings. The molecule has 10 heteroatoms. The first-order chi connectivity index (χ1) is 11.3. The molecule has 0 rings (SSSR count). The smallest absolute Gasteiger partial charge is 0.146 e. The van der Waals surface area contributed by atoms with E-state index in [0.29, 0.717) is 46.6 Å². The van der Waals surface area contributed by atoms with E-state index in [-0.39, 0.29) is 86.9 Å². The maximum Gasteiger partial charge on any atom is 0.146 e. The minimum atomic E-state index is -0.465. The van der Waals surface area contributed by atoms with Gasteiger partial charge in [0.1, 0.15) is 13.5 Å². The van der Waals surface area contributed by atoms with Crippen LogP contribution in [0.2, 0.25) is 0 Å². The molecule has 0 saturated heterocycles. The van der Waals surface area contributed by atoms with Gasteiger partial charge in [-0.15, -0.1) is 0 Å². The Balaban J connectivity index is -0.0000000142. The molecule has 5 nitrogen and oxygen atoms in total. The lowest BCUT2D eigenvalue weighted by Gasteiger charge is -2.02. The summed E-state index contributed by atoms with van der Waals surface area (Å²) in [6, 6.07) is 0. The lowest BCUT2D eigenvalue weighted by molar-refractivity contribution is -0.0680. The van der Waals surface area contributed by atoms with Gasteiger partial charge in [-0.05, 0) is 6.42 Å². The monoisotopic (exact) mass is 504 g/mol. The van der Waals surface area contributed by atoms with Crippen LogP contribution in [0.25, 0.3) is 0 Å². The van der Waals surface area contributed by atoms with Gasteiger partial charge in [0.25, 0.3) is 0 Å². The number of rotatable bonds is 13. The zero-order valence-electron chi connectivity index (χ0n) is 14.0. The van der Waals surface area contributed by atoms with Crippen molar-refractivity contribution in [2.45, 2.75) is 73.3 Å². The van der Waals surface area contributed by atoms with Crippen molar-refractivity contribution in [2.24, 2.45) is 0 Å². The number of hydrogen-bond acceptors (Lipinski definition) is 5. The summed E-state index contributed by atoms with van der Waals surface area (Å²) < 4.78 is 72.1. The number of methoxy groups -OCH3 is 2. The third-order valence-electron chi connectivity index (χ3n) is 1.67. The fraction of sp³-hybridized carbons (Fsp3) is 1.00. The van der Waals surface area contributed by atoms with Crippen LogP contribution in [-0.4, -0.2) is 81.2 Å². The molecule has 0 aromatic carbocycles. The summed E-state index contributed by atoms with van der Waals surface area (Å²) in [6.07, 6.45) is 0.490. The molecule has 0 aliphatic rings. The molecule has 0 fully saturated rings. The SMILES string of the molecule is C.C.C.C.C.C.C.C.C.CF.COCCOCCCF.COCCOCOCCF.FF. The van der Waals surface area contributed by atoms with Crippen LogP contribution in [0.5, 0.6) is 0 Å². The van der Waals surface area contributed by atoms with E-state index in [0.717, 1.165) is 0 Å². The van der Waals surface area contributed by atoms with Gasteiger partial charge < -0.3 is 23.7 Å². The first kappa shape index (κ1) is 85.7. The van der Waals surface area contributed by atoms with Gasteiger partial charge in [-0.2, -0.15) is 0 Å². The highest BCUT2D eigenvalue weighted by Gasteiger charge is 1.87. The molecular weight excluding hydrogens is 439 g/mol. The molecule has 0 radical (unpaired) electrons. The summed E-state index contributed by atoms with van der Waals surface area (Å²) in [5.74, 6) is 0. The normalized spacial score (nSPS) is 6.38. The van der Waals surface area contributed by atoms with Crippen molar-refractivity contribution in [2.75, 3.05) is 81.2 Å². The fourth-order valence-electron chi connectivity index (χ4n) is 0.775. The van der Waals surface area contributed by atoms with Crippen LogP contribution in [0.15, 0.2) is 0 Å². The second-order valence-electron chi connectivity index (χ2n) is 3.26. The van der Waals surface area contributed by atoms with Crippen molar-refractivity contribution < 1.29 is 46.0 Å². The highest BCUT2D eigenvalue weighted by Crippen LogP contribution is 1.82. The van der Waals surface area contributed by atoms with Gasteiger partial charge in [-0.25, -0.2) is 4.39 Å². The molecule has 0 spiro atoms. The van der Waals surface area contributed by atoms with Gasteiger partial charge in [-0.3, -0.25) is 8.78 Å². The highest BCUT2D eigenvalue weighted by atomic mass is 20.0. The first-order valence-corrected chi connectivity index (χ1v) is 6.68. The topological polar surface area (TPSA) is 46.2 Å². The molecule has 0 bridgehead atoms.